The van der Waals surface area contributed by atoms with Crippen LogP contribution < -0.4 is 15.6 Å². The third-order valence-corrected chi connectivity index (χ3v) is 5.77. The predicted octanol–water partition coefficient (Wildman–Crippen LogP) is 2.71. The Labute approximate surface area is 177 Å². The zero-order chi connectivity index (χ0) is 20.9. The number of ether oxygens (including phenoxy) is 2. The van der Waals surface area contributed by atoms with Crippen molar-refractivity contribution in [2.45, 2.75) is 30.6 Å². The molecule has 1 aromatic carbocycles. The second kappa shape index (κ2) is 9.27. The van der Waals surface area contributed by atoms with E-state index in [1.165, 1.54) is 11.8 Å². The number of anilines is 1. The average Bonchev–Trinajstić information content (AvgIpc) is 3.28. The van der Waals surface area contributed by atoms with Crippen LogP contribution in [0.5, 0.6) is 5.75 Å². The Morgan fingerprint density at radius 1 is 1.37 bits per heavy atom. The molecule has 2 aromatic heterocycles. The minimum Gasteiger partial charge on any atom is -0.497 e. The Hall–Kier alpha value is -2.91. The van der Waals surface area contributed by atoms with Gasteiger partial charge < -0.3 is 14.8 Å². The number of aromatic nitrogens is 3. The largest absolute Gasteiger partial charge is 0.497 e. The SMILES string of the molecule is COc1cccc(NC(=O)CSc2nc3ncccc3c(=O)n2C[C@H]2CCCO2)c1. The van der Waals surface area contributed by atoms with Gasteiger partial charge >= 0.3 is 0 Å². The number of carbonyl (C=O) groups excluding carboxylic acids is 1. The molecule has 1 atom stereocenters. The number of methoxy groups -OCH3 is 1. The summed E-state index contributed by atoms with van der Waals surface area (Å²) in [6.07, 6.45) is 3.46. The number of nitrogens with one attached hydrogen (secondary N) is 1. The molecule has 3 heterocycles. The zero-order valence-electron chi connectivity index (χ0n) is 16.5. The number of hydrogen-bond acceptors (Lipinski definition) is 7. The van der Waals surface area contributed by atoms with Crippen molar-refractivity contribution in [2.24, 2.45) is 0 Å². The van der Waals surface area contributed by atoms with Gasteiger partial charge in [0.25, 0.3) is 5.56 Å². The molecule has 0 saturated carbocycles. The molecular weight excluding hydrogens is 404 g/mol. The van der Waals surface area contributed by atoms with E-state index >= 15 is 0 Å². The number of pyridine rings is 1. The lowest BCUT2D eigenvalue weighted by Crippen LogP contribution is -2.29. The van der Waals surface area contributed by atoms with E-state index in [0.717, 1.165) is 12.8 Å². The number of fused-ring (bicyclic) bond motifs is 1. The molecule has 0 unspecified atom stereocenters. The Bertz CT molecular complexity index is 1110. The van der Waals surface area contributed by atoms with Gasteiger partial charge in [-0.1, -0.05) is 17.8 Å². The smallest absolute Gasteiger partial charge is 0.263 e. The van der Waals surface area contributed by atoms with Gasteiger partial charge in [-0.2, -0.15) is 0 Å². The van der Waals surface area contributed by atoms with Crippen LogP contribution in [0.2, 0.25) is 0 Å². The molecule has 1 aliphatic rings. The van der Waals surface area contributed by atoms with Crippen molar-refractivity contribution in [1.29, 1.82) is 0 Å². The predicted molar refractivity (Wildman–Crippen MR) is 115 cm³/mol. The van der Waals surface area contributed by atoms with Crippen molar-refractivity contribution in [3.63, 3.8) is 0 Å². The molecule has 156 valence electrons. The van der Waals surface area contributed by atoms with Gasteiger partial charge in [-0.05, 0) is 37.1 Å². The summed E-state index contributed by atoms with van der Waals surface area (Å²) in [5, 5.41) is 3.76. The lowest BCUT2D eigenvalue weighted by Gasteiger charge is -2.16. The summed E-state index contributed by atoms with van der Waals surface area (Å²) >= 11 is 1.21. The lowest BCUT2D eigenvalue weighted by atomic mass is 10.2. The maximum atomic E-state index is 13.0. The molecule has 0 bridgehead atoms. The highest BCUT2D eigenvalue weighted by Crippen LogP contribution is 2.21. The maximum absolute atomic E-state index is 13.0. The van der Waals surface area contributed by atoms with Crippen LogP contribution in [0, 0.1) is 0 Å². The number of carbonyl (C=O) groups is 1. The Morgan fingerprint density at radius 2 is 2.27 bits per heavy atom. The number of amides is 1. The highest BCUT2D eigenvalue weighted by atomic mass is 32.2. The topological polar surface area (TPSA) is 95.3 Å². The number of hydrogen-bond donors (Lipinski definition) is 1. The summed E-state index contributed by atoms with van der Waals surface area (Å²) in [7, 11) is 1.57. The van der Waals surface area contributed by atoms with E-state index in [1.54, 1.807) is 54.3 Å². The molecule has 0 radical (unpaired) electrons. The van der Waals surface area contributed by atoms with Gasteiger partial charge in [0.15, 0.2) is 10.8 Å². The van der Waals surface area contributed by atoms with Crippen molar-refractivity contribution in [3.05, 3.63) is 52.9 Å². The van der Waals surface area contributed by atoms with Gasteiger partial charge in [0.2, 0.25) is 5.91 Å². The van der Waals surface area contributed by atoms with E-state index in [0.29, 0.717) is 40.8 Å². The molecule has 1 saturated heterocycles. The van der Waals surface area contributed by atoms with Crippen molar-refractivity contribution in [2.75, 3.05) is 24.8 Å². The molecular formula is C21H22N4O4S. The Kier molecular flexibility index (Phi) is 6.29. The van der Waals surface area contributed by atoms with Gasteiger partial charge in [0.05, 0.1) is 30.9 Å². The third kappa shape index (κ3) is 4.63. The summed E-state index contributed by atoms with van der Waals surface area (Å²) in [4.78, 5) is 34.3. The van der Waals surface area contributed by atoms with Gasteiger partial charge in [-0.3, -0.25) is 14.2 Å². The zero-order valence-corrected chi connectivity index (χ0v) is 17.4. The highest BCUT2D eigenvalue weighted by molar-refractivity contribution is 7.99. The van der Waals surface area contributed by atoms with E-state index in [9.17, 15) is 9.59 Å². The fourth-order valence-electron chi connectivity index (χ4n) is 3.33. The first-order valence-corrected chi connectivity index (χ1v) is 10.7. The standard InChI is InChI=1S/C21H22N4O4S/c1-28-15-6-2-5-14(11-15)23-18(26)13-30-21-24-19-17(8-3-9-22-19)20(27)25(21)12-16-7-4-10-29-16/h2-3,5-6,8-9,11,16H,4,7,10,12-13H2,1H3,(H,23,26)/t16-/m1/s1. The lowest BCUT2D eigenvalue weighted by molar-refractivity contribution is -0.113. The molecule has 8 nitrogen and oxygen atoms in total. The molecule has 1 N–H and O–H groups in total. The van der Waals surface area contributed by atoms with E-state index in [-0.39, 0.29) is 23.3 Å². The minimum atomic E-state index is -0.202. The molecule has 1 amide bonds. The summed E-state index contributed by atoms with van der Waals surface area (Å²) < 4.78 is 12.5. The molecule has 1 fully saturated rings. The molecule has 1 aliphatic heterocycles. The molecule has 9 heteroatoms. The summed E-state index contributed by atoms with van der Waals surface area (Å²) in [6, 6.07) is 10.6. The molecule has 3 aromatic rings. The minimum absolute atomic E-state index is 0.0245. The van der Waals surface area contributed by atoms with Gasteiger partial charge in [-0.25, -0.2) is 9.97 Å². The van der Waals surface area contributed by atoms with Crippen LogP contribution >= 0.6 is 11.8 Å². The monoisotopic (exact) mass is 426 g/mol. The summed E-state index contributed by atoms with van der Waals surface area (Å²) in [5.74, 6) is 0.563. The van der Waals surface area contributed by atoms with Crippen LogP contribution in [0.1, 0.15) is 12.8 Å². The third-order valence-electron chi connectivity index (χ3n) is 4.79. The summed E-state index contributed by atoms with van der Waals surface area (Å²) in [5.41, 5.74) is 0.853. The first kappa shape index (κ1) is 20.4. The van der Waals surface area contributed by atoms with Crippen molar-refractivity contribution in [1.82, 2.24) is 14.5 Å². The first-order valence-electron chi connectivity index (χ1n) is 9.68. The molecule has 0 aliphatic carbocycles. The Balaban J connectivity index is 1.54. The number of thioether (sulfide) groups is 1. The van der Waals surface area contributed by atoms with E-state index in [4.69, 9.17) is 9.47 Å². The number of nitrogens with zero attached hydrogens (tertiary/aromatic N) is 3. The van der Waals surface area contributed by atoms with Crippen LogP contribution in [0.15, 0.2) is 52.5 Å². The van der Waals surface area contributed by atoms with Crippen LogP contribution in [0.4, 0.5) is 5.69 Å². The quantitative estimate of drug-likeness (QED) is 0.458. The second-order valence-corrected chi connectivity index (χ2v) is 7.83. The van der Waals surface area contributed by atoms with Crippen LogP contribution in [-0.2, 0) is 16.1 Å². The van der Waals surface area contributed by atoms with Crippen molar-refractivity contribution < 1.29 is 14.3 Å². The molecule has 30 heavy (non-hydrogen) atoms. The number of rotatable bonds is 7. The average molecular weight is 426 g/mol. The van der Waals surface area contributed by atoms with Gasteiger partial charge in [0, 0.05) is 24.6 Å². The maximum Gasteiger partial charge on any atom is 0.263 e. The van der Waals surface area contributed by atoms with E-state index < -0.39 is 0 Å². The van der Waals surface area contributed by atoms with Gasteiger partial charge in [0.1, 0.15) is 5.75 Å². The van der Waals surface area contributed by atoms with Crippen LogP contribution in [0.25, 0.3) is 11.0 Å². The van der Waals surface area contributed by atoms with Crippen molar-refractivity contribution >= 4 is 34.4 Å². The summed E-state index contributed by atoms with van der Waals surface area (Å²) in [6.45, 7) is 1.11. The number of benzene rings is 1. The van der Waals surface area contributed by atoms with Crippen LogP contribution in [0.3, 0.4) is 0 Å². The van der Waals surface area contributed by atoms with E-state index in [1.807, 2.05) is 0 Å². The van der Waals surface area contributed by atoms with Crippen LogP contribution in [-0.4, -0.2) is 46.0 Å². The molecule has 4 rings (SSSR count). The fourth-order valence-corrected chi connectivity index (χ4v) is 4.12. The normalized spacial score (nSPS) is 16.0. The fraction of sp³-hybridized carbons (Fsp3) is 0.333. The second-order valence-electron chi connectivity index (χ2n) is 6.89. The van der Waals surface area contributed by atoms with Crippen molar-refractivity contribution in [3.8, 4) is 5.75 Å². The highest BCUT2D eigenvalue weighted by Gasteiger charge is 2.21. The van der Waals surface area contributed by atoms with E-state index in [2.05, 4.69) is 15.3 Å². The molecule has 0 spiro atoms. The van der Waals surface area contributed by atoms with Gasteiger partial charge in [-0.15, -0.1) is 0 Å². The first-order chi connectivity index (χ1) is 14.6. The Morgan fingerprint density at radius 3 is 3.07 bits per heavy atom.